The summed E-state index contributed by atoms with van der Waals surface area (Å²) in [5, 5.41) is 0. The van der Waals surface area contributed by atoms with Crippen LogP contribution in [0.15, 0.2) is 17.1 Å². The molecule has 0 aliphatic rings. The summed E-state index contributed by atoms with van der Waals surface area (Å²) in [6.07, 6.45) is 1.74. The number of hydrogen-bond donors (Lipinski definition) is 0. The summed E-state index contributed by atoms with van der Waals surface area (Å²) in [5.74, 6) is 1.28. The molecule has 1 aromatic rings. The van der Waals surface area contributed by atoms with Crippen molar-refractivity contribution in [2.24, 2.45) is 13.0 Å². The van der Waals surface area contributed by atoms with E-state index in [-0.39, 0.29) is 5.56 Å². The predicted molar refractivity (Wildman–Crippen MR) is 56.8 cm³/mol. The van der Waals surface area contributed by atoms with Crippen molar-refractivity contribution in [3.63, 3.8) is 0 Å². The first-order valence-electron chi connectivity index (χ1n) is 4.80. The lowest BCUT2D eigenvalue weighted by Gasteiger charge is -2.11. The lowest BCUT2D eigenvalue weighted by Crippen LogP contribution is -2.16. The van der Waals surface area contributed by atoms with Gasteiger partial charge >= 0.3 is 0 Å². The van der Waals surface area contributed by atoms with Crippen molar-refractivity contribution in [3.05, 3.63) is 28.2 Å². The van der Waals surface area contributed by atoms with Crippen LogP contribution in [-0.4, -0.2) is 11.2 Å². The minimum absolute atomic E-state index is 0.000558. The summed E-state index contributed by atoms with van der Waals surface area (Å²) in [6, 6.07) is 1.59. The van der Waals surface area contributed by atoms with Gasteiger partial charge in [-0.3, -0.25) is 4.79 Å². The van der Waals surface area contributed by atoms with Crippen molar-refractivity contribution in [3.8, 4) is 5.75 Å². The van der Waals surface area contributed by atoms with Gasteiger partial charge in [0.25, 0.3) is 5.56 Å². The molecular weight excluding hydrogens is 178 g/mol. The molecule has 0 atom stereocenters. The zero-order valence-corrected chi connectivity index (χ0v) is 9.20. The Balaban J connectivity index is 2.87. The van der Waals surface area contributed by atoms with Gasteiger partial charge in [0.05, 0.1) is 6.61 Å². The van der Waals surface area contributed by atoms with Crippen molar-refractivity contribution in [2.75, 3.05) is 6.61 Å². The Labute approximate surface area is 84.3 Å². The molecule has 3 heteroatoms. The summed E-state index contributed by atoms with van der Waals surface area (Å²) in [4.78, 5) is 11.2. The normalized spacial score (nSPS) is 10.6. The quantitative estimate of drug-likeness (QED) is 0.735. The Morgan fingerprint density at radius 1 is 1.50 bits per heavy atom. The molecule has 3 nitrogen and oxygen atoms in total. The molecule has 1 aromatic heterocycles. The molecular formula is C11H17NO2. The van der Waals surface area contributed by atoms with Crippen molar-refractivity contribution in [1.82, 2.24) is 4.57 Å². The minimum Gasteiger partial charge on any atom is -0.492 e. The van der Waals surface area contributed by atoms with E-state index in [9.17, 15) is 4.79 Å². The molecule has 0 bridgehead atoms. The predicted octanol–water partition coefficient (Wildman–Crippen LogP) is 1.73. The average molecular weight is 195 g/mol. The molecule has 0 aliphatic carbocycles. The fourth-order valence-electron chi connectivity index (χ4n) is 1.11. The van der Waals surface area contributed by atoms with Gasteiger partial charge in [-0.25, -0.2) is 0 Å². The molecule has 78 valence electrons. The Hall–Kier alpha value is -1.25. The van der Waals surface area contributed by atoms with Crippen LogP contribution in [0.5, 0.6) is 5.75 Å². The molecule has 1 rings (SSSR count). The smallest absolute Gasteiger partial charge is 0.250 e. The molecule has 0 spiro atoms. The molecule has 0 amide bonds. The third-order valence-corrected chi connectivity index (χ3v) is 1.96. The lowest BCUT2D eigenvalue weighted by molar-refractivity contribution is 0.267. The molecule has 0 aliphatic heterocycles. The zero-order chi connectivity index (χ0) is 10.7. The first kappa shape index (κ1) is 10.8. The number of aryl methyl sites for hydroxylation is 2. The van der Waals surface area contributed by atoms with Gasteiger partial charge < -0.3 is 9.30 Å². The van der Waals surface area contributed by atoms with Gasteiger partial charge in [-0.15, -0.1) is 0 Å². The van der Waals surface area contributed by atoms with Crippen molar-refractivity contribution in [2.45, 2.75) is 20.8 Å². The van der Waals surface area contributed by atoms with Crippen LogP contribution < -0.4 is 10.3 Å². The van der Waals surface area contributed by atoms with Crippen LogP contribution >= 0.6 is 0 Å². The van der Waals surface area contributed by atoms with Crippen molar-refractivity contribution < 1.29 is 4.74 Å². The van der Waals surface area contributed by atoms with Crippen LogP contribution in [0.2, 0.25) is 0 Å². The van der Waals surface area contributed by atoms with Crippen LogP contribution in [0.25, 0.3) is 0 Å². The highest BCUT2D eigenvalue weighted by atomic mass is 16.5. The van der Waals surface area contributed by atoms with E-state index < -0.39 is 0 Å². The van der Waals surface area contributed by atoms with Crippen molar-refractivity contribution >= 4 is 0 Å². The minimum atomic E-state index is -0.000558. The van der Waals surface area contributed by atoms with E-state index in [1.54, 1.807) is 19.3 Å². The second-order valence-electron chi connectivity index (χ2n) is 3.97. The van der Waals surface area contributed by atoms with Gasteiger partial charge in [-0.1, -0.05) is 13.8 Å². The number of rotatable bonds is 3. The number of hydrogen-bond acceptors (Lipinski definition) is 2. The van der Waals surface area contributed by atoms with Crippen LogP contribution in [0.1, 0.15) is 19.4 Å². The SMILES string of the molecule is Cc1cc(=O)n(C)cc1OCC(C)C. The van der Waals surface area contributed by atoms with Gasteiger partial charge in [-0.05, 0) is 18.4 Å². The fourth-order valence-corrected chi connectivity index (χ4v) is 1.11. The average Bonchev–Trinajstić information content (AvgIpc) is 2.09. The van der Waals surface area contributed by atoms with Crippen LogP contribution in [0, 0.1) is 12.8 Å². The van der Waals surface area contributed by atoms with Gasteiger partial charge in [0, 0.05) is 19.3 Å². The van der Waals surface area contributed by atoms with E-state index >= 15 is 0 Å². The largest absolute Gasteiger partial charge is 0.492 e. The highest BCUT2D eigenvalue weighted by Crippen LogP contribution is 2.14. The van der Waals surface area contributed by atoms with E-state index in [0.717, 1.165) is 11.3 Å². The monoisotopic (exact) mass is 195 g/mol. The molecule has 0 saturated carbocycles. The lowest BCUT2D eigenvalue weighted by atomic mass is 10.2. The summed E-state index contributed by atoms with van der Waals surface area (Å²) in [5.41, 5.74) is 0.896. The number of nitrogens with zero attached hydrogens (tertiary/aromatic N) is 1. The first-order chi connectivity index (χ1) is 6.50. The topological polar surface area (TPSA) is 31.2 Å². The van der Waals surface area contributed by atoms with Crippen LogP contribution in [0.3, 0.4) is 0 Å². The second kappa shape index (κ2) is 4.31. The maximum Gasteiger partial charge on any atom is 0.250 e. The number of aromatic nitrogens is 1. The first-order valence-corrected chi connectivity index (χ1v) is 4.80. The molecule has 0 radical (unpaired) electrons. The third kappa shape index (κ3) is 2.62. The van der Waals surface area contributed by atoms with Gasteiger partial charge in [0.1, 0.15) is 5.75 Å². The molecule has 0 aromatic carbocycles. The standard InChI is InChI=1S/C11H17NO2/c1-8(2)7-14-10-6-12(4)11(13)5-9(10)3/h5-6,8H,7H2,1-4H3. The highest BCUT2D eigenvalue weighted by Gasteiger charge is 2.03. The zero-order valence-electron chi connectivity index (χ0n) is 9.20. The van der Waals surface area contributed by atoms with Crippen LogP contribution in [-0.2, 0) is 7.05 Å². The second-order valence-corrected chi connectivity index (χ2v) is 3.97. The van der Waals surface area contributed by atoms with Gasteiger partial charge in [-0.2, -0.15) is 0 Å². The summed E-state index contributed by atoms with van der Waals surface area (Å²) < 4.78 is 7.10. The Kier molecular flexibility index (Phi) is 3.33. The van der Waals surface area contributed by atoms with Gasteiger partial charge in [0.15, 0.2) is 0 Å². The molecule has 0 saturated heterocycles. The van der Waals surface area contributed by atoms with Gasteiger partial charge in [0.2, 0.25) is 0 Å². The van der Waals surface area contributed by atoms with E-state index in [1.807, 2.05) is 6.92 Å². The summed E-state index contributed by atoms with van der Waals surface area (Å²) in [6.45, 7) is 6.75. The third-order valence-electron chi connectivity index (χ3n) is 1.96. The Morgan fingerprint density at radius 3 is 2.71 bits per heavy atom. The summed E-state index contributed by atoms with van der Waals surface area (Å²) >= 11 is 0. The highest BCUT2D eigenvalue weighted by molar-refractivity contribution is 5.28. The molecule has 14 heavy (non-hydrogen) atoms. The molecule has 0 fully saturated rings. The molecule has 0 N–H and O–H groups in total. The molecule has 0 unspecified atom stereocenters. The molecule has 1 heterocycles. The summed E-state index contributed by atoms with van der Waals surface area (Å²) in [7, 11) is 1.73. The van der Waals surface area contributed by atoms with E-state index in [0.29, 0.717) is 12.5 Å². The van der Waals surface area contributed by atoms with E-state index in [4.69, 9.17) is 4.74 Å². The fraction of sp³-hybridized carbons (Fsp3) is 0.545. The van der Waals surface area contributed by atoms with Crippen molar-refractivity contribution in [1.29, 1.82) is 0 Å². The van der Waals surface area contributed by atoms with Crippen LogP contribution in [0.4, 0.5) is 0 Å². The maximum atomic E-state index is 11.2. The Bertz CT molecular complexity index is 366. The number of ether oxygens (including phenoxy) is 1. The Morgan fingerprint density at radius 2 is 2.14 bits per heavy atom. The number of pyridine rings is 1. The van der Waals surface area contributed by atoms with E-state index in [2.05, 4.69) is 13.8 Å². The van der Waals surface area contributed by atoms with E-state index in [1.165, 1.54) is 4.57 Å². The maximum absolute atomic E-state index is 11.2.